The summed E-state index contributed by atoms with van der Waals surface area (Å²) in [6, 6.07) is 0. The quantitative estimate of drug-likeness (QED) is 0.342. The Morgan fingerprint density at radius 3 is 2.11 bits per heavy atom. The van der Waals surface area contributed by atoms with Crippen LogP contribution >= 0.6 is 0 Å². The zero-order valence-electron chi connectivity index (χ0n) is 6.13. The molecule has 0 fully saturated rings. The Hall–Kier alpha value is -0.210. The molecular formula is C6H13ClN2. The van der Waals surface area contributed by atoms with Gasteiger partial charge in [-0.15, -0.1) is 0 Å². The summed E-state index contributed by atoms with van der Waals surface area (Å²) in [4.78, 5) is 2.18. The SMILES string of the molecule is CN1C=C[N+](C)(C)C1.[Cl-]. The van der Waals surface area contributed by atoms with E-state index in [1.54, 1.807) is 0 Å². The Bertz CT molecular complexity index is 120. The third-order valence-electron chi connectivity index (χ3n) is 1.31. The van der Waals surface area contributed by atoms with Gasteiger partial charge in [-0.3, -0.25) is 4.48 Å². The lowest BCUT2D eigenvalue weighted by atomic mass is 10.7. The topological polar surface area (TPSA) is 3.24 Å². The summed E-state index contributed by atoms with van der Waals surface area (Å²) in [5, 5.41) is 0. The average molecular weight is 149 g/mol. The fourth-order valence-corrected chi connectivity index (χ4v) is 0.963. The van der Waals surface area contributed by atoms with Gasteiger partial charge in [-0.2, -0.15) is 0 Å². The lowest BCUT2D eigenvalue weighted by Crippen LogP contribution is -3.00. The fourth-order valence-electron chi connectivity index (χ4n) is 0.963. The molecule has 0 spiro atoms. The molecule has 0 amide bonds. The van der Waals surface area contributed by atoms with Gasteiger partial charge in [0.2, 0.25) is 0 Å². The van der Waals surface area contributed by atoms with Gasteiger partial charge < -0.3 is 17.3 Å². The van der Waals surface area contributed by atoms with Crippen molar-refractivity contribution >= 4 is 0 Å². The van der Waals surface area contributed by atoms with Crippen LogP contribution in [0.15, 0.2) is 12.4 Å². The normalized spacial score (nSPS) is 21.9. The van der Waals surface area contributed by atoms with Gasteiger partial charge in [-0.25, -0.2) is 0 Å². The Balaban J connectivity index is 0.000000640. The maximum Gasteiger partial charge on any atom is 0.157 e. The van der Waals surface area contributed by atoms with Gasteiger partial charge in [0.15, 0.2) is 6.67 Å². The highest BCUT2D eigenvalue weighted by Crippen LogP contribution is 2.07. The highest BCUT2D eigenvalue weighted by atomic mass is 35.5. The van der Waals surface area contributed by atoms with Crippen molar-refractivity contribution in [3.05, 3.63) is 12.4 Å². The highest BCUT2D eigenvalue weighted by molar-refractivity contribution is 4.76. The maximum absolute atomic E-state index is 2.18. The molecule has 3 heteroatoms. The zero-order valence-corrected chi connectivity index (χ0v) is 6.89. The zero-order chi connectivity index (χ0) is 6.20. The predicted octanol–water partition coefficient (Wildman–Crippen LogP) is -2.56. The second-order valence-corrected chi connectivity index (χ2v) is 2.98. The average Bonchev–Trinajstić information content (AvgIpc) is 1.82. The molecule has 0 saturated heterocycles. The van der Waals surface area contributed by atoms with E-state index in [9.17, 15) is 0 Å². The first kappa shape index (κ1) is 8.79. The monoisotopic (exact) mass is 148 g/mol. The molecule has 0 unspecified atom stereocenters. The molecule has 0 aliphatic carbocycles. The molecule has 1 heterocycles. The molecule has 2 nitrogen and oxygen atoms in total. The van der Waals surface area contributed by atoms with E-state index in [4.69, 9.17) is 0 Å². The molecule has 0 aromatic carbocycles. The number of halogens is 1. The van der Waals surface area contributed by atoms with Crippen LogP contribution in [0.25, 0.3) is 0 Å². The van der Waals surface area contributed by atoms with Crippen LogP contribution in [0, 0.1) is 0 Å². The van der Waals surface area contributed by atoms with E-state index in [-0.39, 0.29) is 12.4 Å². The van der Waals surface area contributed by atoms with Crippen LogP contribution < -0.4 is 12.4 Å². The van der Waals surface area contributed by atoms with E-state index in [0.717, 1.165) is 11.2 Å². The first-order chi connectivity index (χ1) is 3.60. The number of nitrogens with zero attached hydrogens (tertiary/aromatic N) is 2. The van der Waals surface area contributed by atoms with Crippen molar-refractivity contribution in [2.75, 3.05) is 27.8 Å². The first-order valence-corrected chi connectivity index (χ1v) is 2.82. The Morgan fingerprint density at radius 2 is 2.00 bits per heavy atom. The fraction of sp³-hybridized carbons (Fsp3) is 0.667. The minimum absolute atomic E-state index is 0. The predicted molar refractivity (Wildman–Crippen MR) is 33.9 cm³/mol. The van der Waals surface area contributed by atoms with Crippen LogP contribution in [0.1, 0.15) is 0 Å². The third-order valence-corrected chi connectivity index (χ3v) is 1.31. The number of rotatable bonds is 0. The second-order valence-electron chi connectivity index (χ2n) is 2.98. The molecule has 0 N–H and O–H groups in total. The summed E-state index contributed by atoms with van der Waals surface area (Å²) in [5.74, 6) is 0. The summed E-state index contributed by atoms with van der Waals surface area (Å²) < 4.78 is 0.983. The second kappa shape index (κ2) is 2.58. The summed E-state index contributed by atoms with van der Waals surface area (Å²) in [5.41, 5.74) is 0. The molecule has 0 bridgehead atoms. The largest absolute Gasteiger partial charge is 1.00 e. The van der Waals surface area contributed by atoms with Crippen LogP contribution in [-0.4, -0.2) is 37.2 Å². The van der Waals surface area contributed by atoms with Crippen molar-refractivity contribution in [3.8, 4) is 0 Å². The highest BCUT2D eigenvalue weighted by Gasteiger charge is 2.18. The van der Waals surface area contributed by atoms with E-state index in [0.29, 0.717) is 0 Å². The maximum atomic E-state index is 2.18. The van der Waals surface area contributed by atoms with Gasteiger partial charge in [0.25, 0.3) is 0 Å². The van der Waals surface area contributed by atoms with E-state index < -0.39 is 0 Å². The van der Waals surface area contributed by atoms with E-state index in [1.807, 2.05) is 0 Å². The molecule has 0 atom stereocenters. The van der Waals surface area contributed by atoms with Gasteiger partial charge in [-0.1, -0.05) is 0 Å². The van der Waals surface area contributed by atoms with E-state index in [2.05, 4.69) is 38.4 Å². The van der Waals surface area contributed by atoms with Crippen LogP contribution in [0.4, 0.5) is 0 Å². The van der Waals surface area contributed by atoms with Gasteiger partial charge in [0.1, 0.15) is 6.20 Å². The first-order valence-electron chi connectivity index (χ1n) is 2.82. The Kier molecular flexibility index (Phi) is 2.52. The van der Waals surface area contributed by atoms with Gasteiger partial charge >= 0.3 is 0 Å². The molecule has 0 aromatic rings. The molecule has 54 valence electrons. The summed E-state index contributed by atoms with van der Waals surface area (Å²) in [7, 11) is 6.45. The molecule has 1 aliphatic heterocycles. The van der Waals surface area contributed by atoms with Crippen molar-refractivity contribution in [1.82, 2.24) is 4.90 Å². The van der Waals surface area contributed by atoms with Gasteiger partial charge in [0, 0.05) is 7.05 Å². The van der Waals surface area contributed by atoms with Crippen LogP contribution in [0.5, 0.6) is 0 Å². The molecule has 1 aliphatic rings. The summed E-state index contributed by atoms with van der Waals surface area (Å²) in [6.07, 6.45) is 4.29. The molecule has 1 rings (SSSR count). The van der Waals surface area contributed by atoms with Gasteiger partial charge in [0.05, 0.1) is 20.3 Å². The van der Waals surface area contributed by atoms with Crippen molar-refractivity contribution in [2.24, 2.45) is 0 Å². The van der Waals surface area contributed by atoms with Crippen LogP contribution in [0.3, 0.4) is 0 Å². The molecule has 9 heavy (non-hydrogen) atoms. The van der Waals surface area contributed by atoms with E-state index in [1.165, 1.54) is 0 Å². The Morgan fingerprint density at radius 1 is 1.44 bits per heavy atom. The number of quaternary nitrogens is 1. The minimum atomic E-state index is 0. The molecule has 0 aromatic heterocycles. The number of hydrogen-bond acceptors (Lipinski definition) is 1. The molecular weight excluding hydrogens is 136 g/mol. The van der Waals surface area contributed by atoms with Crippen LogP contribution in [-0.2, 0) is 0 Å². The van der Waals surface area contributed by atoms with Crippen molar-refractivity contribution in [3.63, 3.8) is 0 Å². The standard InChI is InChI=1S/C6H13N2.ClH/c1-7-4-5-8(2,3)6-7;/h4-5H,6H2,1-3H3;1H/q+1;/p-1. The van der Waals surface area contributed by atoms with Crippen molar-refractivity contribution in [2.45, 2.75) is 0 Å². The number of hydrogen-bond donors (Lipinski definition) is 0. The summed E-state index contributed by atoms with van der Waals surface area (Å²) >= 11 is 0. The van der Waals surface area contributed by atoms with E-state index >= 15 is 0 Å². The lowest BCUT2D eigenvalue weighted by Gasteiger charge is -2.21. The van der Waals surface area contributed by atoms with Crippen molar-refractivity contribution < 1.29 is 16.9 Å². The van der Waals surface area contributed by atoms with Crippen LogP contribution in [0.2, 0.25) is 0 Å². The van der Waals surface area contributed by atoms with Gasteiger partial charge in [-0.05, 0) is 0 Å². The Labute approximate surface area is 62.8 Å². The summed E-state index contributed by atoms with van der Waals surface area (Å²) in [6.45, 7) is 1.10. The lowest BCUT2D eigenvalue weighted by molar-refractivity contribution is -0.840. The molecule has 0 saturated carbocycles. The van der Waals surface area contributed by atoms with Crippen molar-refractivity contribution in [1.29, 1.82) is 0 Å². The smallest absolute Gasteiger partial charge is 0.157 e. The minimum Gasteiger partial charge on any atom is -1.00 e. The molecule has 0 radical (unpaired) electrons. The third kappa shape index (κ3) is 2.24.